The van der Waals surface area contributed by atoms with Crippen LogP contribution in [0.1, 0.15) is 24.9 Å². The van der Waals surface area contributed by atoms with Crippen LogP contribution in [0.4, 0.5) is 5.69 Å². The molecule has 3 N–H and O–H groups in total. The minimum Gasteiger partial charge on any atom is -0.497 e. The summed E-state index contributed by atoms with van der Waals surface area (Å²) in [6, 6.07) is 7.89. The molecule has 2 amide bonds. The Morgan fingerprint density at radius 1 is 1.21 bits per heavy atom. The number of anilines is 1. The Balaban J connectivity index is 2.12. The molecule has 2 rings (SSSR count). The number of methoxy groups -OCH3 is 1. The van der Waals surface area contributed by atoms with Crippen LogP contribution in [0, 0.1) is 0 Å². The molecule has 0 saturated heterocycles. The second-order valence-corrected chi connectivity index (χ2v) is 5.20. The summed E-state index contributed by atoms with van der Waals surface area (Å²) in [6.45, 7) is 1.39. The summed E-state index contributed by atoms with van der Waals surface area (Å²) in [5.41, 5.74) is 0.643. The van der Waals surface area contributed by atoms with Gasteiger partial charge in [0.1, 0.15) is 11.4 Å². The highest BCUT2D eigenvalue weighted by atomic mass is 16.5. The van der Waals surface area contributed by atoms with E-state index in [4.69, 9.17) is 4.74 Å². The van der Waals surface area contributed by atoms with Gasteiger partial charge in [0, 0.05) is 25.4 Å². The second kappa shape index (κ2) is 7.96. The number of hydrogen-bond acceptors (Lipinski definition) is 4. The number of benzene rings is 1. The molecule has 24 heavy (non-hydrogen) atoms. The smallest absolute Gasteiger partial charge is 0.226 e. The predicted octanol–water partition coefficient (Wildman–Crippen LogP) is 1.59. The summed E-state index contributed by atoms with van der Waals surface area (Å²) >= 11 is 0. The number of rotatable bonds is 6. The molecule has 1 heterocycles. The number of amides is 2. The van der Waals surface area contributed by atoms with Crippen molar-refractivity contribution in [2.75, 3.05) is 12.4 Å². The third-order valence-electron chi connectivity index (χ3n) is 3.38. The molecule has 7 nitrogen and oxygen atoms in total. The third-order valence-corrected chi connectivity index (χ3v) is 3.38. The molecule has 1 aromatic heterocycles. The highest BCUT2D eigenvalue weighted by Gasteiger charge is 2.18. The zero-order valence-electron chi connectivity index (χ0n) is 13.5. The van der Waals surface area contributed by atoms with Crippen molar-refractivity contribution in [2.45, 2.75) is 19.4 Å². The summed E-state index contributed by atoms with van der Waals surface area (Å²) in [6.07, 6.45) is 2.90. The van der Waals surface area contributed by atoms with Gasteiger partial charge in [-0.25, -0.2) is 0 Å². The normalized spacial score (nSPS) is 11.4. The topological polar surface area (TPSA) is 100 Å². The van der Waals surface area contributed by atoms with Crippen LogP contribution < -0.4 is 20.8 Å². The van der Waals surface area contributed by atoms with E-state index in [2.05, 4.69) is 15.6 Å². The molecule has 1 atom stereocenters. The molecule has 0 aliphatic carbocycles. The average molecular weight is 329 g/mol. The number of carbonyl (C=O) groups excluding carboxylic acids is 2. The zero-order valence-corrected chi connectivity index (χ0v) is 13.5. The highest BCUT2D eigenvalue weighted by Crippen LogP contribution is 2.20. The Kier molecular flexibility index (Phi) is 5.73. The number of nitrogens with one attached hydrogen (secondary N) is 3. The number of H-pyrrole nitrogens is 1. The Hall–Kier alpha value is -3.09. The molecule has 7 heteroatoms. The van der Waals surface area contributed by atoms with Gasteiger partial charge in [0.25, 0.3) is 0 Å². The van der Waals surface area contributed by atoms with E-state index in [-0.39, 0.29) is 29.4 Å². The largest absolute Gasteiger partial charge is 0.497 e. The first-order valence-electron chi connectivity index (χ1n) is 7.37. The van der Waals surface area contributed by atoms with Gasteiger partial charge in [0.15, 0.2) is 0 Å². The first-order valence-corrected chi connectivity index (χ1v) is 7.37. The van der Waals surface area contributed by atoms with E-state index >= 15 is 0 Å². The number of carbonyl (C=O) groups is 2. The van der Waals surface area contributed by atoms with Crippen molar-refractivity contribution < 1.29 is 14.3 Å². The minimum absolute atomic E-state index is 0.000241. The number of ether oxygens (including phenoxy) is 1. The molecule has 0 spiro atoms. The van der Waals surface area contributed by atoms with Gasteiger partial charge in [0.2, 0.25) is 17.2 Å². The molecule has 0 fully saturated rings. The van der Waals surface area contributed by atoms with E-state index in [0.717, 1.165) is 5.56 Å². The summed E-state index contributed by atoms with van der Waals surface area (Å²) < 4.78 is 5.10. The Labute approximate surface area is 139 Å². The van der Waals surface area contributed by atoms with Crippen LogP contribution in [0.15, 0.2) is 47.5 Å². The van der Waals surface area contributed by atoms with Crippen molar-refractivity contribution >= 4 is 17.5 Å². The van der Waals surface area contributed by atoms with Crippen LogP contribution >= 0.6 is 0 Å². The molecule has 1 unspecified atom stereocenters. The molecule has 1 aromatic carbocycles. The van der Waals surface area contributed by atoms with E-state index in [0.29, 0.717) is 5.75 Å². The van der Waals surface area contributed by atoms with Crippen molar-refractivity contribution in [3.63, 3.8) is 0 Å². The molecule has 0 aliphatic heterocycles. The lowest BCUT2D eigenvalue weighted by Crippen LogP contribution is -2.30. The predicted molar refractivity (Wildman–Crippen MR) is 89.9 cm³/mol. The molecule has 0 radical (unpaired) electrons. The first-order chi connectivity index (χ1) is 11.5. The number of hydrogen-bond donors (Lipinski definition) is 3. The van der Waals surface area contributed by atoms with Gasteiger partial charge in [-0.05, 0) is 17.7 Å². The summed E-state index contributed by atoms with van der Waals surface area (Å²) in [5.74, 6) is 0.0584. The fourth-order valence-corrected chi connectivity index (χ4v) is 2.23. The maximum atomic E-state index is 12.2. The SMILES string of the molecule is COc1ccc(C(CC(=O)Nc2c[nH]ccc2=O)NC(C)=O)cc1. The molecular weight excluding hydrogens is 310 g/mol. The van der Waals surface area contributed by atoms with Crippen LogP contribution in [0.3, 0.4) is 0 Å². The van der Waals surface area contributed by atoms with Gasteiger partial charge in [-0.2, -0.15) is 0 Å². The van der Waals surface area contributed by atoms with Crippen LogP contribution in [0.5, 0.6) is 5.75 Å². The lowest BCUT2D eigenvalue weighted by atomic mass is 10.0. The first kappa shape index (κ1) is 17.3. The van der Waals surface area contributed by atoms with Gasteiger partial charge in [-0.15, -0.1) is 0 Å². The van der Waals surface area contributed by atoms with E-state index in [1.54, 1.807) is 31.4 Å². The van der Waals surface area contributed by atoms with Crippen LogP contribution in [-0.4, -0.2) is 23.9 Å². The van der Waals surface area contributed by atoms with E-state index in [1.165, 1.54) is 25.4 Å². The summed E-state index contributed by atoms with van der Waals surface area (Å²) in [4.78, 5) is 38.0. The van der Waals surface area contributed by atoms with Crippen LogP contribution in [0.2, 0.25) is 0 Å². The van der Waals surface area contributed by atoms with Crippen molar-refractivity contribution in [1.82, 2.24) is 10.3 Å². The standard InChI is InChI=1S/C17H19N3O4/c1-11(21)19-14(12-3-5-13(24-2)6-4-12)9-17(23)20-15-10-18-8-7-16(15)22/h3-8,10,14H,9H2,1-2H3,(H,18,22)(H,19,21)(H,20,23). The van der Waals surface area contributed by atoms with Crippen molar-refractivity contribution in [3.05, 3.63) is 58.5 Å². The van der Waals surface area contributed by atoms with Crippen LogP contribution in [-0.2, 0) is 9.59 Å². The Morgan fingerprint density at radius 2 is 1.92 bits per heavy atom. The maximum Gasteiger partial charge on any atom is 0.226 e. The lowest BCUT2D eigenvalue weighted by molar-refractivity contribution is -0.120. The Morgan fingerprint density at radius 3 is 2.50 bits per heavy atom. The van der Waals surface area contributed by atoms with Crippen molar-refractivity contribution in [3.8, 4) is 5.75 Å². The number of aromatic amines is 1. The molecule has 126 valence electrons. The van der Waals surface area contributed by atoms with Gasteiger partial charge < -0.3 is 20.4 Å². The highest BCUT2D eigenvalue weighted by molar-refractivity contribution is 5.91. The van der Waals surface area contributed by atoms with Crippen LogP contribution in [0.25, 0.3) is 0 Å². The summed E-state index contributed by atoms with van der Waals surface area (Å²) in [7, 11) is 1.56. The fraction of sp³-hybridized carbons (Fsp3) is 0.235. The fourth-order valence-electron chi connectivity index (χ4n) is 2.23. The Bertz CT molecular complexity index is 768. The average Bonchev–Trinajstić information content (AvgIpc) is 2.56. The van der Waals surface area contributed by atoms with Gasteiger partial charge >= 0.3 is 0 Å². The molecular formula is C17H19N3O4. The number of pyridine rings is 1. The minimum atomic E-state index is -0.504. The zero-order chi connectivity index (χ0) is 17.5. The van der Waals surface area contributed by atoms with Gasteiger partial charge in [-0.3, -0.25) is 14.4 Å². The number of aromatic nitrogens is 1. The molecule has 0 aliphatic rings. The van der Waals surface area contributed by atoms with Crippen molar-refractivity contribution in [2.24, 2.45) is 0 Å². The van der Waals surface area contributed by atoms with Crippen molar-refractivity contribution in [1.29, 1.82) is 0 Å². The monoisotopic (exact) mass is 329 g/mol. The maximum absolute atomic E-state index is 12.2. The third kappa shape index (κ3) is 4.70. The van der Waals surface area contributed by atoms with E-state index in [9.17, 15) is 14.4 Å². The van der Waals surface area contributed by atoms with E-state index in [1.807, 2.05) is 0 Å². The molecule has 0 bridgehead atoms. The summed E-state index contributed by atoms with van der Waals surface area (Å²) in [5, 5.41) is 5.29. The molecule has 2 aromatic rings. The van der Waals surface area contributed by atoms with Gasteiger partial charge in [-0.1, -0.05) is 12.1 Å². The molecule has 0 saturated carbocycles. The quantitative estimate of drug-likeness (QED) is 0.749. The van der Waals surface area contributed by atoms with Gasteiger partial charge in [0.05, 0.1) is 19.6 Å². The second-order valence-electron chi connectivity index (χ2n) is 5.20. The lowest BCUT2D eigenvalue weighted by Gasteiger charge is -2.18. The van der Waals surface area contributed by atoms with E-state index < -0.39 is 6.04 Å².